The first-order valence-corrected chi connectivity index (χ1v) is 10.1. The molecule has 0 saturated carbocycles. The third-order valence-electron chi connectivity index (χ3n) is 4.46. The van der Waals surface area contributed by atoms with Crippen molar-refractivity contribution >= 4 is 29.9 Å². The number of hydrogen-bond donors (Lipinski definition) is 2. The van der Waals surface area contributed by atoms with Gasteiger partial charge in [-0.25, -0.2) is 4.99 Å². The molecule has 0 bridgehead atoms. The third-order valence-corrected chi connectivity index (χ3v) is 4.46. The fraction of sp³-hybridized carbons (Fsp3) is 0.650. The Morgan fingerprint density at radius 1 is 1.14 bits per heavy atom. The number of alkyl halides is 2. The molecule has 0 spiro atoms. The number of guanidine groups is 1. The molecule has 0 atom stereocenters. The molecule has 0 unspecified atom stereocenters. The highest BCUT2D eigenvalue weighted by Crippen LogP contribution is 2.30. The molecule has 0 aliphatic carbocycles. The summed E-state index contributed by atoms with van der Waals surface area (Å²) in [5, 5.41) is 6.59. The minimum atomic E-state index is -2.88. The van der Waals surface area contributed by atoms with Crippen LogP contribution in [-0.2, 0) is 6.54 Å². The van der Waals surface area contributed by atoms with Crippen LogP contribution in [0, 0.1) is 0 Å². The summed E-state index contributed by atoms with van der Waals surface area (Å²) >= 11 is 0. The van der Waals surface area contributed by atoms with Crippen molar-refractivity contribution in [1.82, 2.24) is 15.5 Å². The van der Waals surface area contributed by atoms with Gasteiger partial charge in [0.2, 0.25) is 0 Å². The predicted octanol–water partition coefficient (Wildman–Crippen LogP) is 3.85. The fourth-order valence-corrected chi connectivity index (χ4v) is 3.14. The van der Waals surface area contributed by atoms with Crippen LogP contribution in [0.4, 0.5) is 8.78 Å². The zero-order valence-electron chi connectivity index (χ0n) is 17.3. The van der Waals surface area contributed by atoms with Crippen LogP contribution in [-0.4, -0.2) is 56.8 Å². The van der Waals surface area contributed by atoms with Gasteiger partial charge in [0.1, 0.15) is 0 Å². The number of benzene rings is 1. The highest BCUT2D eigenvalue weighted by molar-refractivity contribution is 14.0. The Hall–Kier alpha value is -1.36. The lowest BCUT2D eigenvalue weighted by molar-refractivity contribution is -0.0514. The maximum Gasteiger partial charge on any atom is 0.387 e. The van der Waals surface area contributed by atoms with Crippen LogP contribution < -0.4 is 20.1 Å². The highest BCUT2D eigenvalue weighted by Gasteiger charge is 2.12. The van der Waals surface area contributed by atoms with Gasteiger partial charge in [-0.1, -0.05) is 12.5 Å². The summed E-state index contributed by atoms with van der Waals surface area (Å²) in [5.74, 6) is 1.08. The fourth-order valence-electron chi connectivity index (χ4n) is 3.14. The van der Waals surface area contributed by atoms with E-state index in [-0.39, 0.29) is 29.7 Å². The summed E-state index contributed by atoms with van der Waals surface area (Å²) in [7, 11) is 0. The van der Waals surface area contributed by atoms with E-state index in [1.165, 1.54) is 38.4 Å². The number of aliphatic imine (C=N–C) groups is 1. The standard InChI is InChI=1S/C20H32F2N4O2.HI/c1-3-23-20(24-10-13-26-11-6-5-7-12-26)25-15-16-8-9-17(28-19(21)22)18(14-16)27-4-2;/h8-9,14,19H,3-7,10-13,15H2,1-2H3,(H2,23,24,25);1H. The number of halogens is 3. The Labute approximate surface area is 189 Å². The first-order chi connectivity index (χ1) is 13.6. The van der Waals surface area contributed by atoms with Gasteiger partial charge in [-0.3, -0.25) is 0 Å². The van der Waals surface area contributed by atoms with Crippen molar-refractivity contribution < 1.29 is 18.3 Å². The summed E-state index contributed by atoms with van der Waals surface area (Å²) in [4.78, 5) is 7.06. The van der Waals surface area contributed by atoms with E-state index < -0.39 is 6.61 Å². The first-order valence-electron chi connectivity index (χ1n) is 10.1. The van der Waals surface area contributed by atoms with Gasteiger partial charge >= 0.3 is 6.61 Å². The largest absolute Gasteiger partial charge is 0.490 e. The van der Waals surface area contributed by atoms with Crippen molar-refractivity contribution in [3.63, 3.8) is 0 Å². The van der Waals surface area contributed by atoms with E-state index in [4.69, 9.17) is 4.74 Å². The highest BCUT2D eigenvalue weighted by atomic mass is 127. The van der Waals surface area contributed by atoms with Crippen LogP contribution >= 0.6 is 24.0 Å². The zero-order valence-corrected chi connectivity index (χ0v) is 19.6. The minimum absolute atomic E-state index is 0. The van der Waals surface area contributed by atoms with Crippen molar-refractivity contribution in [2.75, 3.05) is 39.3 Å². The van der Waals surface area contributed by atoms with Crippen molar-refractivity contribution in [3.8, 4) is 11.5 Å². The molecule has 29 heavy (non-hydrogen) atoms. The van der Waals surface area contributed by atoms with Gasteiger partial charge in [-0.05, 0) is 57.5 Å². The lowest BCUT2D eigenvalue weighted by Gasteiger charge is -2.26. The van der Waals surface area contributed by atoms with Crippen molar-refractivity contribution in [1.29, 1.82) is 0 Å². The van der Waals surface area contributed by atoms with Crippen molar-refractivity contribution in [2.24, 2.45) is 4.99 Å². The normalized spacial score (nSPS) is 15.0. The van der Waals surface area contributed by atoms with E-state index in [2.05, 4.69) is 25.3 Å². The molecule has 9 heteroatoms. The van der Waals surface area contributed by atoms with E-state index in [1.807, 2.05) is 6.92 Å². The summed E-state index contributed by atoms with van der Waals surface area (Å²) < 4.78 is 35.0. The lowest BCUT2D eigenvalue weighted by atomic mass is 10.1. The van der Waals surface area contributed by atoms with E-state index in [1.54, 1.807) is 19.1 Å². The van der Waals surface area contributed by atoms with Gasteiger partial charge in [0, 0.05) is 19.6 Å². The molecule has 2 N–H and O–H groups in total. The molecular formula is C20H33F2IN4O2. The maximum absolute atomic E-state index is 12.5. The molecule has 1 saturated heterocycles. The molecule has 1 aromatic rings. The molecule has 1 aliphatic rings. The smallest absolute Gasteiger partial charge is 0.387 e. The van der Waals surface area contributed by atoms with Gasteiger partial charge in [-0.15, -0.1) is 24.0 Å². The van der Waals surface area contributed by atoms with Gasteiger partial charge in [0.25, 0.3) is 0 Å². The van der Waals surface area contributed by atoms with E-state index in [0.717, 1.165) is 31.2 Å². The average molecular weight is 526 g/mol. The molecule has 6 nitrogen and oxygen atoms in total. The third kappa shape index (κ3) is 9.79. The lowest BCUT2D eigenvalue weighted by Crippen LogP contribution is -2.42. The summed E-state index contributed by atoms with van der Waals surface area (Å²) in [6.45, 7) is 6.65. The second kappa shape index (κ2) is 14.6. The molecule has 1 aliphatic heterocycles. The second-order valence-electron chi connectivity index (χ2n) is 6.62. The predicted molar refractivity (Wildman–Crippen MR) is 123 cm³/mol. The summed E-state index contributed by atoms with van der Waals surface area (Å²) in [5.41, 5.74) is 0.860. The Bertz CT molecular complexity index is 614. The molecule has 0 aromatic heterocycles. The van der Waals surface area contributed by atoms with Crippen LogP contribution in [0.5, 0.6) is 11.5 Å². The number of nitrogens with zero attached hydrogens (tertiary/aromatic N) is 2. The van der Waals surface area contributed by atoms with Crippen LogP contribution in [0.1, 0.15) is 38.7 Å². The Balaban J connectivity index is 0.00000420. The number of rotatable bonds is 10. The Morgan fingerprint density at radius 3 is 2.55 bits per heavy atom. The van der Waals surface area contributed by atoms with Gasteiger partial charge in [0.05, 0.1) is 13.2 Å². The Morgan fingerprint density at radius 2 is 1.90 bits per heavy atom. The Kier molecular flexibility index (Phi) is 12.9. The second-order valence-corrected chi connectivity index (χ2v) is 6.62. The zero-order chi connectivity index (χ0) is 20.2. The van der Waals surface area contributed by atoms with Crippen LogP contribution in [0.3, 0.4) is 0 Å². The molecule has 1 aromatic carbocycles. The van der Waals surface area contributed by atoms with Crippen molar-refractivity contribution in [2.45, 2.75) is 46.3 Å². The van der Waals surface area contributed by atoms with Gasteiger partial charge in [0.15, 0.2) is 17.5 Å². The van der Waals surface area contributed by atoms with Crippen LogP contribution in [0.2, 0.25) is 0 Å². The summed E-state index contributed by atoms with van der Waals surface area (Å²) in [6.07, 6.45) is 3.89. The van der Waals surface area contributed by atoms with E-state index in [9.17, 15) is 8.78 Å². The molecular weight excluding hydrogens is 493 g/mol. The topological polar surface area (TPSA) is 58.1 Å². The number of ether oxygens (including phenoxy) is 2. The molecule has 166 valence electrons. The first kappa shape index (κ1) is 25.7. The molecule has 0 amide bonds. The maximum atomic E-state index is 12.5. The van der Waals surface area contributed by atoms with E-state index >= 15 is 0 Å². The molecule has 1 fully saturated rings. The number of piperidine rings is 1. The number of nitrogens with one attached hydrogen (secondary N) is 2. The minimum Gasteiger partial charge on any atom is -0.490 e. The monoisotopic (exact) mass is 526 g/mol. The quantitative estimate of drug-likeness (QED) is 0.276. The van der Waals surface area contributed by atoms with Gasteiger partial charge in [-0.2, -0.15) is 8.78 Å². The van der Waals surface area contributed by atoms with Crippen molar-refractivity contribution in [3.05, 3.63) is 23.8 Å². The molecule has 1 heterocycles. The van der Waals surface area contributed by atoms with Crippen LogP contribution in [0.25, 0.3) is 0 Å². The van der Waals surface area contributed by atoms with Gasteiger partial charge < -0.3 is 25.0 Å². The number of hydrogen-bond acceptors (Lipinski definition) is 4. The number of likely N-dealkylation sites (tertiary alicyclic amines) is 1. The van der Waals surface area contributed by atoms with Crippen LogP contribution in [0.15, 0.2) is 23.2 Å². The molecule has 2 rings (SSSR count). The molecule has 0 radical (unpaired) electrons. The SMILES string of the molecule is CCNC(=NCc1ccc(OC(F)F)c(OCC)c1)NCCN1CCCCC1.I. The van der Waals surface area contributed by atoms with E-state index in [0.29, 0.717) is 18.9 Å². The average Bonchev–Trinajstić information content (AvgIpc) is 2.68. The summed E-state index contributed by atoms with van der Waals surface area (Å²) in [6, 6.07) is 4.92.